The van der Waals surface area contributed by atoms with Gasteiger partial charge in [-0.2, -0.15) is 0 Å². The lowest BCUT2D eigenvalue weighted by atomic mass is 9.47. The highest BCUT2D eigenvalue weighted by molar-refractivity contribution is 5.78. The summed E-state index contributed by atoms with van der Waals surface area (Å²) >= 11 is 0. The molecule has 6 nitrogen and oxygen atoms in total. The van der Waals surface area contributed by atoms with Crippen molar-refractivity contribution in [3.63, 3.8) is 0 Å². The zero-order chi connectivity index (χ0) is 27.5. The number of fused-ring (bicyclic) bond motifs is 5. The Bertz CT molecular complexity index is 983. The van der Waals surface area contributed by atoms with Crippen LogP contribution in [0.5, 0.6) is 0 Å². The summed E-state index contributed by atoms with van der Waals surface area (Å²) in [7, 11) is 0. The molecule has 3 amide bonds. The van der Waals surface area contributed by atoms with E-state index >= 15 is 0 Å². The van der Waals surface area contributed by atoms with E-state index in [-0.39, 0.29) is 18.0 Å². The number of urea groups is 1. The number of aliphatic hydroxyl groups excluding tert-OH is 1. The second-order valence-electron chi connectivity index (χ2n) is 15.1. The van der Waals surface area contributed by atoms with Crippen LogP contribution in [0.1, 0.15) is 91.9 Å². The normalized spacial score (nSPS) is 41.2. The van der Waals surface area contributed by atoms with Crippen LogP contribution < -0.4 is 0 Å². The molecule has 0 aromatic heterocycles. The van der Waals surface area contributed by atoms with Gasteiger partial charge in [-0.05, 0) is 104 Å². The van der Waals surface area contributed by atoms with Crippen molar-refractivity contribution in [1.29, 1.82) is 0 Å². The van der Waals surface area contributed by atoms with Crippen LogP contribution in [0.25, 0.3) is 0 Å². The summed E-state index contributed by atoms with van der Waals surface area (Å²) in [5, 5.41) is 10.3. The van der Waals surface area contributed by atoms with Gasteiger partial charge < -0.3 is 19.8 Å². The maximum Gasteiger partial charge on any atom is 0.320 e. The predicted octanol–water partition coefficient (Wildman–Crippen LogP) is 5.56. The van der Waals surface area contributed by atoms with Crippen molar-refractivity contribution in [2.24, 2.45) is 46.3 Å². The van der Waals surface area contributed by atoms with Gasteiger partial charge in [0.25, 0.3) is 0 Å². The second kappa shape index (κ2) is 10.4. The first-order chi connectivity index (χ1) is 18.6. The van der Waals surface area contributed by atoms with Crippen LogP contribution >= 0.6 is 0 Å². The Morgan fingerprint density at radius 2 is 1.69 bits per heavy atom. The van der Waals surface area contributed by atoms with Crippen molar-refractivity contribution in [2.45, 2.75) is 98.0 Å². The maximum absolute atomic E-state index is 13.2. The van der Waals surface area contributed by atoms with Gasteiger partial charge in [0.1, 0.15) is 0 Å². The van der Waals surface area contributed by atoms with Gasteiger partial charge in [0, 0.05) is 45.7 Å². The topological polar surface area (TPSA) is 64.1 Å². The van der Waals surface area contributed by atoms with Crippen molar-refractivity contribution in [2.75, 3.05) is 39.3 Å². The maximum atomic E-state index is 13.2. The minimum Gasteiger partial charge on any atom is -0.393 e. The lowest BCUT2D eigenvalue weighted by Gasteiger charge is -2.58. The summed E-state index contributed by atoms with van der Waals surface area (Å²) < 4.78 is 0. The van der Waals surface area contributed by atoms with E-state index in [1.807, 2.05) is 14.7 Å². The zero-order valence-electron chi connectivity index (χ0n) is 25.0. The highest BCUT2D eigenvalue weighted by Gasteiger charge is 2.59. The van der Waals surface area contributed by atoms with Crippen LogP contribution in [0.2, 0.25) is 0 Å². The first kappa shape index (κ1) is 27.6. The molecule has 2 heterocycles. The summed E-state index contributed by atoms with van der Waals surface area (Å²) in [6.07, 6.45) is 13.6. The summed E-state index contributed by atoms with van der Waals surface area (Å²) in [6, 6.07) is 0.160. The van der Waals surface area contributed by atoms with Crippen molar-refractivity contribution >= 4 is 11.9 Å². The molecule has 3 saturated carbocycles. The van der Waals surface area contributed by atoms with E-state index in [2.05, 4.69) is 33.8 Å². The molecular formula is C33H53N3O3. The smallest absolute Gasteiger partial charge is 0.320 e. The van der Waals surface area contributed by atoms with Gasteiger partial charge in [0.05, 0.1) is 6.10 Å². The van der Waals surface area contributed by atoms with E-state index in [1.165, 1.54) is 32.1 Å². The first-order valence-corrected chi connectivity index (χ1v) is 16.3. The van der Waals surface area contributed by atoms with Crippen LogP contribution in [0, 0.1) is 46.3 Å². The summed E-state index contributed by atoms with van der Waals surface area (Å²) in [4.78, 5) is 31.7. The monoisotopic (exact) mass is 539 g/mol. The Kier molecular flexibility index (Phi) is 7.34. The van der Waals surface area contributed by atoms with E-state index in [4.69, 9.17) is 0 Å². The third-order valence-electron chi connectivity index (χ3n) is 12.9. The fourth-order valence-electron chi connectivity index (χ4n) is 10.5. The standard InChI is InChI=1S/C33H53N3O3/c1-22-20-36(21-22)31(39)35-17-15-34(16-18-35)30(38)10-5-23(2)27-8-9-28-26-7-6-24-19-25(37)11-13-32(24,3)29(26)12-14-33(27,28)4/h6,22-23,25-29,37H,5,7-21H2,1-4H3/t23-,25+,26+,27-,28+,29+,32+,33-/m1/s1. The predicted molar refractivity (Wildman–Crippen MR) is 154 cm³/mol. The van der Waals surface area contributed by atoms with Gasteiger partial charge in [-0.15, -0.1) is 0 Å². The fourth-order valence-corrected chi connectivity index (χ4v) is 10.5. The van der Waals surface area contributed by atoms with E-state index in [9.17, 15) is 14.7 Å². The molecule has 0 aromatic carbocycles. The minimum absolute atomic E-state index is 0.130. The van der Waals surface area contributed by atoms with E-state index in [0.29, 0.717) is 55.3 Å². The summed E-state index contributed by atoms with van der Waals surface area (Å²) in [5.74, 6) is 4.59. The molecule has 8 atom stereocenters. The minimum atomic E-state index is -0.130. The van der Waals surface area contributed by atoms with Crippen LogP contribution in [0.3, 0.4) is 0 Å². The average molecular weight is 540 g/mol. The largest absolute Gasteiger partial charge is 0.393 e. The number of carbonyl (C=O) groups excluding carboxylic acids is 2. The number of hydrogen-bond acceptors (Lipinski definition) is 3. The molecule has 1 N–H and O–H groups in total. The molecular weight excluding hydrogens is 486 g/mol. The Morgan fingerprint density at radius 3 is 2.41 bits per heavy atom. The van der Waals surface area contributed by atoms with Gasteiger partial charge >= 0.3 is 6.03 Å². The molecule has 4 aliphatic carbocycles. The number of nitrogens with zero attached hydrogens (tertiary/aromatic N) is 3. The van der Waals surface area contributed by atoms with Crippen LogP contribution in [0.15, 0.2) is 11.6 Å². The molecule has 6 heteroatoms. The van der Waals surface area contributed by atoms with Crippen LogP contribution in [0.4, 0.5) is 4.79 Å². The molecule has 0 aromatic rings. The molecule has 0 unspecified atom stereocenters. The number of aliphatic hydroxyl groups is 1. The van der Waals surface area contributed by atoms with Crippen molar-refractivity contribution in [3.05, 3.63) is 11.6 Å². The van der Waals surface area contributed by atoms with Crippen molar-refractivity contribution < 1.29 is 14.7 Å². The van der Waals surface area contributed by atoms with Gasteiger partial charge in [-0.3, -0.25) is 4.79 Å². The second-order valence-corrected chi connectivity index (χ2v) is 15.1. The molecule has 6 aliphatic rings. The molecule has 0 radical (unpaired) electrons. The molecule has 5 fully saturated rings. The van der Waals surface area contributed by atoms with Crippen LogP contribution in [-0.4, -0.2) is 77.1 Å². The summed E-state index contributed by atoms with van der Waals surface area (Å²) in [6.45, 7) is 14.2. The highest BCUT2D eigenvalue weighted by atomic mass is 16.3. The number of likely N-dealkylation sites (tertiary alicyclic amines) is 1. The Labute approximate surface area is 236 Å². The lowest BCUT2D eigenvalue weighted by molar-refractivity contribution is -0.133. The fraction of sp³-hybridized carbons (Fsp3) is 0.879. The third-order valence-corrected chi connectivity index (χ3v) is 12.9. The molecule has 218 valence electrons. The van der Waals surface area contributed by atoms with E-state index in [1.54, 1.807) is 5.57 Å². The van der Waals surface area contributed by atoms with Gasteiger partial charge in [-0.25, -0.2) is 4.79 Å². The molecule has 39 heavy (non-hydrogen) atoms. The number of rotatable bonds is 4. The lowest BCUT2D eigenvalue weighted by Crippen LogP contribution is -2.58. The summed E-state index contributed by atoms with van der Waals surface area (Å²) in [5.41, 5.74) is 2.27. The number of hydrogen-bond donors (Lipinski definition) is 1. The van der Waals surface area contributed by atoms with E-state index in [0.717, 1.165) is 62.4 Å². The van der Waals surface area contributed by atoms with Crippen molar-refractivity contribution in [1.82, 2.24) is 14.7 Å². The van der Waals surface area contributed by atoms with Gasteiger partial charge in [0.2, 0.25) is 5.91 Å². The molecule has 0 spiro atoms. The number of amides is 3. The highest BCUT2D eigenvalue weighted by Crippen LogP contribution is 2.67. The molecule has 2 aliphatic heterocycles. The average Bonchev–Trinajstić information content (AvgIpc) is 3.27. The first-order valence-electron chi connectivity index (χ1n) is 16.3. The molecule has 2 saturated heterocycles. The Morgan fingerprint density at radius 1 is 0.974 bits per heavy atom. The van der Waals surface area contributed by atoms with Crippen LogP contribution in [-0.2, 0) is 4.79 Å². The van der Waals surface area contributed by atoms with Gasteiger partial charge in [0.15, 0.2) is 0 Å². The van der Waals surface area contributed by atoms with Crippen molar-refractivity contribution in [3.8, 4) is 0 Å². The van der Waals surface area contributed by atoms with Gasteiger partial charge in [-0.1, -0.05) is 39.3 Å². The number of carbonyl (C=O) groups is 2. The quantitative estimate of drug-likeness (QED) is 0.476. The SMILES string of the molecule is CC1CN(C(=O)N2CCN(C(=O)CC[C@@H](C)[C@H]3CC[C@H]4[C@@H]5CC=C6C[C@@H](O)CC[C@]6(C)[C@H]5CC[C@]34C)CC2)C1. The molecule has 6 rings (SSSR count). The number of allylic oxidation sites excluding steroid dienone is 1. The Hall–Kier alpha value is -1.56. The Balaban J connectivity index is 1.02. The van der Waals surface area contributed by atoms with E-state index < -0.39 is 0 Å². The zero-order valence-corrected chi connectivity index (χ0v) is 25.0. The third kappa shape index (κ3) is 4.75. The number of piperazine rings is 1. The molecule has 0 bridgehead atoms.